The number of nitrogens with zero attached hydrogens (tertiary/aromatic N) is 1. The molecule has 3 nitrogen and oxygen atoms in total. The van der Waals surface area contributed by atoms with Gasteiger partial charge in [0.15, 0.2) is 4.32 Å². The number of ether oxygens (including phenoxy) is 1. The van der Waals surface area contributed by atoms with Gasteiger partial charge in [0.1, 0.15) is 11.6 Å². The third-order valence-electron chi connectivity index (χ3n) is 3.39. The summed E-state index contributed by atoms with van der Waals surface area (Å²) < 4.78 is 20.8. The first-order chi connectivity index (χ1) is 11.9. The van der Waals surface area contributed by atoms with Crippen LogP contribution in [0.4, 0.5) is 10.1 Å². The zero-order valence-corrected chi connectivity index (χ0v) is 17.6. The number of rotatable bonds is 3. The Bertz CT molecular complexity index is 918. The van der Waals surface area contributed by atoms with Crippen molar-refractivity contribution in [1.29, 1.82) is 0 Å². The van der Waals surface area contributed by atoms with Gasteiger partial charge in [0.25, 0.3) is 5.91 Å². The number of halogens is 3. The van der Waals surface area contributed by atoms with Crippen molar-refractivity contribution < 1.29 is 13.9 Å². The molecule has 0 saturated carbocycles. The van der Waals surface area contributed by atoms with Crippen molar-refractivity contribution in [2.45, 2.75) is 0 Å². The highest BCUT2D eigenvalue weighted by Crippen LogP contribution is 2.39. The highest BCUT2D eigenvalue weighted by atomic mass is 79.9. The highest BCUT2D eigenvalue weighted by Gasteiger charge is 2.33. The Morgan fingerprint density at radius 3 is 2.72 bits per heavy atom. The lowest BCUT2D eigenvalue weighted by Gasteiger charge is -2.14. The smallest absolute Gasteiger partial charge is 0.270 e. The van der Waals surface area contributed by atoms with Gasteiger partial charge in [-0.1, -0.05) is 46.0 Å². The number of amides is 1. The standard InChI is InChI=1S/C17H10Br2FNO2S2/c1-23-15-9(5-10(18)7-13(15)19)6-14-16(22)21(17(24)25-14)12-4-2-3-11(20)8-12/h2-8H,1H3/b14-6-. The van der Waals surface area contributed by atoms with Crippen molar-refractivity contribution in [3.63, 3.8) is 0 Å². The Balaban J connectivity index is 2.02. The van der Waals surface area contributed by atoms with Gasteiger partial charge < -0.3 is 4.74 Å². The number of carbonyl (C=O) groups excluding carboxylic acids is 1. The molecule has 0 aliphatic carbocycles. The van der Waals surface area contributed by atoms with Crippen molar-refractivity contribution in [1.82, 2.24) is 0 Å². The maximum atomic E-state index is 13.5. The summed E-state index contributed by atoms with van der Waals surface area (Å²) in [6.45, 7) is 0. The third-order valence-corrected chi connectivity index (χ3v) is 5.74. The minimum Gasteiger partial charge on any atom is -0.495 e. The van der Waals surface area contributed by atoms with Gasteiger partial charge in [-0.2, -0.15) is 0 Å². The first-order valence-electron chi connectivity index (χ1n) is 6.97. The Labute approximate surface area is 170 Å². The van der Waals surface area contributed by atoms with Gasteiger partial charge in [-0.3, -0.25) is 9.69 Å². The monoisotopic (exact) mass is 501 g/mol. The van der Waals surface area contributed by atoms with Gasteiger partial charge in [0, 0.05) is 10.0 Å². The van der Waals surface area contributed by atoms with E-state index in [-0.39, 0.29) is 5.91 Å². The number of hydrogen-bond acceptors (Lipinski definition) is 4. The molecule has 0 atom stereocenters. The van der Waals surface area contributed by atoms with Crippen molar-refractivity contribution >= 4 is 77.8 Å². The SMILES string of the molecule is COc1c(Br)cc(Br)cc1/C=C1\SC(=S)N(c2cccc(F)c2)C1=O. The van der Waals surface area contributed by atoms with E-state index in [1.807, 2.05) is 12.1 Å². The summed E-state index contributed by atoms with van der Waals surface area (Å²) in [6.07, 6.45) is 1.72. The van der Waals surface area contributed by atoms with Crippen LogP contribution in [-0.2, 0) is 4.79 Å². The molecule has 1 heterocycles. The molecule has 1 saturated heterocycles. The lowest BCUT2D eigenvalue weighted by Crippen LogP contribution is -2.27. The van der Waals surface area contributed by atoms with Gasteiger partial charge in [-0.25, -0.2) is 4.39 Å². The normalized spacial score (nSPS) is 16.0. The van der Waals surface area contributed by atoms with Crippen molar-refractivity contribution in [2.24, 2.45) is 0 Å². The molecule has 0 unspecified atom stereocenters. The molecule has 3 rings (SSSR count). The quantitative estimate of drug-likeness (QED) is 0.394. The van der Waals surface area contributed by atoms with Gasteiger partial charge in [-0.15, -0.1) is 0 Å². The van der Waals surface area contributed by atoms with Crippen LogP contribution >= 0.6 is 55.8 Å². The summed E-state index contributed by atoms with van der Waals surface area (Å²) in [7, 11) is 1.56. The van der Waals surface area contributed by atoms with Crippen LogP contribution < -0.4 is 9.64 Å². The molecule has 2 aromatic rings. The molecule has 128 valence electrons. The van der Waals surface area contributed by atoms with Crippen molar-refractivity contribution in [2.75, 3.05) is 12.0 Å². The van der Waals surface area contributed by atoms with Crippen LogP contribution in [0.1, 0.15) is 5.56 Å². The molecule has 2 aromatic carbocycles. The van der Waals surface area contributed by atoms with Crippen molar-refractivity contribution in [3.05, 3.63) is 61.6 Å². The molecule has 1 fully saturated rings. The maximum Gasteiger partial charge on any atom is 0.270 e. The lowest BCUT2D eigenvalue weighted by molar-refractivity contribution is -0.113. The van der Waals surface area contributed by atoms with E-state index in [1.54, 1.807) is 25.3 Å². The summed E-state index contributed by atoms with van der Waals surface area (Å²) in [5.74, 6) is -0.105. The second-order valence-electron chi connectivity index (χ2n) is 5.01. The van der Waals surface area contributed by atoms with E-state index < -0.39 is 5.82 Å². The number of benzene rings is 2. The molecular formula is C17H10Br2FNO2S2. The van der Waals surface area contributed by atoms with E-state index in [9.17, 15) is 9.18 Å². The molecular weight excluding hydrogens is 493 g/mol. The van der Waals surface area contributed by atoms with Gasteiger partial charge in [0.05, 0.1) is 22.2 Å². The van der Waals surface area contributed by atoms with Crippen LogP contribution in [-0.4, -0.2) is 17.3 Å². The fraction of sp³-hybridized carbons (Fsp3) is 0.0588. The minimum absolute atomic E-state index is 0.293. The number of anilines is 1. The van der Waals surface area contributed by atoms with E-state index in [0.29, 0.717) is 20.7 Å². The number of methoxy groups -OCH3 is 1. The molecule has 0 spiro atoms. The summed E-state index contributed by atoms with van der Waals surface area (Å²) in [4.78, 5) is 14.5. The van der Waals surface area contributed by atoms with Crippen LogP contribution in [0, 0.1) is 5.82 Å². The first kappa shape index (κ1) is 18.6. The molecule has 0 bridgehead atoms. The van der Waals surface area contributed by atoms with E-state index >= 15 is 0 Å². The van der Waals surface area contributed by atoms with E-state index in [4.69, 9.17) is 17.0 Å². The second kappa shape index (κ2) is 7.57. The predicted molar refractivity (Wildman–Crippen MR) is 110 cm³/mol. The average Bonchev–Trinajstić information content (AvgIpc) is 2.81. The number of thioether (sulfide) groups is 1. The van der Waals surface area contributed by atoms with E-state index in [0.717, 1.165) is 14.5 Å². The first-order valence-corrected chi connectivity index (χ1v) is 9.78. The predicted octanol–water partition coefficient (Wildman–Crippen LogP) is 5.77. The Morgan fingerprint density at radius 2 is 2.04 bits per heavy atom. The lowest BCUT2D eigenvalue weighted by atomic mass is 10.2. The van der Waals surface area contributed by atoms with E-state index in [2.05, 4.69) is 31.9 Å². The van der Waals surface area contributed by atoms with Gasteiger partial charge in [0.2, 0.25) is 0 Å². The maximum absolute atomic E-state index is 13.5. The minimum atomic E-state index is -0.423. The van der Waals surface area contributed by atoms with Crippen molar-refractivity contribution in [3.8, 4) is 5.75 Å². The fourth-order valence-electron chi connectivity index (χ4n) is 2.35. The Hall–Kier alpha value is -1.22. The summed E-state index contributed by atoms with van der Waals surface area (Å²) in [5.41, 5.74) is 1.14. The molecule has 0 N–H and O–H groups in total. The van der Waals surface area contributed by atoms with Crippen LogP contribution in [0.25, 0.3) is 6.08 Å². The highest BCUT2D eigenvalue weighted by molar-refractivity contribution is 9.11. The molecule has 1 aliphatic heterocycles. The topological polar surface area (TPSA) is 29.5 Å². The zero-order valence-electron chi connectivity index (χ0n) is 12.8. The molecule has 0 radical (unpaired) electrons. The second-order valence-corrected chi connectivity index (χ2v) is 8.45. The van der Waals surface area contributed by atoms with Gasteiger partial charge in [-0.05, 0) is 52.3 Å². The molecule has 25 heavy (non-hydrogen) atoms. The van der Waals surface area contributed by atoms with Crippen LogP contribution in [0.3, 0.4) is 0 Å². The number of thiocarbonyl (C=S) groups is 1. The zero-order chi connectivity index (χ0) is 18.1. The van der Waals surface area contributed by atoms with E-state index in [1.165, 1.54) is 28.8 Å². The Kier molecular flexibility index (Phi) is 5.62. The number of hydrogen-bond donors (Lipinski definition) is 0. The summed E-state index contributed by atoms with van der Waals surface area (Å²) >= 11 is 13.3. The van der Waals surface area contributed by atoms with Gasteiger partial charge >= 0.3 is 0 Å². The summed E-state index contributed by atoms with van der Waals surface area (Å²) in [5, 5.41) is 0. The molecule has 1 amide bonds. The largest absolute Gasteiger partial charge is 0.495 e. The fourth-order valence-corrected chi connectivity index (χ4v) is 5.06. The van der Waals surface area contributed by atoms with Crippen LogP contribution in [0.5, 0.6) is 5.75 Å². The molecule has 1 aliphatic rings. The summed E-state index contributed by atoms with van der Waals surface area (Å²) in [6, 6.07) is 9.49. The van der Waals surface area contributed by atoms with Crippen LogP contribution in [0.15, 0.2) is 50.2 Å². The van der Waals surface area contributed by atoms with Crippen LogP contribution in [0.2, 0.25) is 0 Å². The average molecular weight is 503 g/mol. The molecule has 0 aromatic heterocycles. The third kappa shape index (κ3) is 3.81. The molecule has 8 heteroatoms. The number of carbonyl (C=O) groups is 1. The Morgan fingerprint density at radius 1 is 1.28 bits per heavy atom.